The highest BCUT2D eigenvalue weighted by Crippen LogP contribution is 2.57. The van der Waals surface area contributed by atoms with E-state index >= 15 is 0 Å². The maximum Gasteiger partial charge on any atom is 0.573 e. The van der Waals surface area contributed by atoms with Gasteiger partial charge in [-0.15, -0.1) is 13.2 Å². The lowest BCUT2D eigenvalue weighted by Crippen LogP contribution is -2.39. The van der Waals surface area contributed by atoms with Crippen LogP contribution in [0.1, 0.15) is 24.3 Å². The maximum absolute atomic E-state index is 14.2. The number of amides is 2. The first-order valence-electron chi connectivity index (χ1n) is 14.4. The Kier molecular flexibility index (Phi) is 7.96. The van der Waals surface area contributed by atoms with Crippen molar-refractivity contribution in [2.45, 2.75) is 25.1 Å². The lowest BCUT2D eigenvalue weighted by Gasteiger charge is -2.42. The summed E-state index contributed by atoms with van der Waals surface area (Å²) in [6.45, 7) is 0. The van der Waals surface area contributed by atoms with Crippen molar-refractivity contribution >= 4 is 62.1 Å². The lowest BCUT2D eigenvalue weighted by molar-refractivity contribution is -0.392. The van der Waals surface area contributed by atoms with Crippen LogP contribution in [0.4, 0.5) is 35.9 Å². The van der Waals surface area contributed by atoms with Gasteiger partial charge in [0.25, 0.3) is 0 Å². The molecule has 1 heterocycles. The van der Waals surface area contributed by atoms with E-state index in [2.05, 4.69) is 20.7 Å². The number of halogens is 4. The normalized spacial score (nSPS) is 23.4. The van der Waals surface area contributed by atoms with E-state index in [0.717, 1.165) is 41.3 Å². The quantitative estimate of drug-likeness (QED) is 0.135. The number of allylic oxidation sites excluding steroid dienone is 6. The molecule has 1 fully saturated rings. The number of carbonyl (C=O) groups excluding carboxylic acids is 4. The van der Waals surface area contributed by atoms with E-state index in [1.165, 1.54) is 20.2 Å². The Morgan fingerprint density at radius 3 is 2.20 bits per heavy atom. The van der Waals surface area contributed by atoms with Crippen molar-refractivity contribution in [1.82, 2.24) is 0 Å². The van der Waals surface area contributed by atoms with Crippen molar-refractivity contribution in [3.63, 3.8) is 0 Å². The first-order chi connectivity index (χ1) is 22.9. The molecule has 0 radical (unpaired) electrons. The number of Topliss-reactive ketones (excluding diaryl/α,β-unsaturated/α-hetero) is 1. The molecule has 0 aromatic heterocycles. The topological polar surface area (TPSA) is 190 Å². The van der Waals surface area contributed by atoms with Gasteiger partial charge in [0, 0.05) is 54.9 Å². The fraction of sp³-hybridized carbons (Fsp3) is 0.290. The number of fused-ring (bicyclic) bond motifs is 3. The molecule has 6 rings (SSSR count). The van der Waals surface area contributed by atoms with Crippen LogP contribution in [0.3, 0.4) is 0 Å². The molecule has 4 aliphatic rings. The van der Waals surface area contributed by atoms with Gasteiger partial charge in [-0.25, -0.2) is 4.90 Å². The molecule has 2 aromatic carbocycles. The van der Waals surface area contributed by atoms with E-state index in [1.54, 1.807) is 0 Å². The number of rotatable bonds is 6. The van der Waals surface area contributed by atoms with Crippen LogP contribution in [0.5, 0.6) is 11.5 Å². The van der Waals surface area contributed by atoms with Gasteiger partial charge in [0.15, 0.2) is 17.3 Å². The fourth-order valence-corrected chi connectivity index (χ4v) is 7.68. The van der Waals surface area contributed by atoms with Crippen LogP contribution >= 0.6 is 15.9 Å². The number of ketones is 2. The first-order valence-corrected chi connectivity index (χ1v) is 15.2. The van der Waals surface area contributed by atoms with E-state index in [9.17, 15) is 57.7 Å². The molecule has 254 valence electrons. The number of hydrogen-bond acceptors (Lipinski definition) is 11. The molecular weight excluding hydrogens is 725 g/mol. The Labute approximate surface area is 281 Å². The molecule has 0 spiro atoms. The predicted molar refractivity (Wildman–Crippen MR) is 166 cm³/mol. The average Bonchev–Trinajstić information content (AvgIpc) is 3.27. The van der Waals surface area contributed by atoms with Crippen molar-refractivity contribution in [1.29, 1.82) is 0 Å². The van der Waals surface area contributed by atoms with Crippen LogP contribution in [0.25, 0.3) is 0 Å². The van der Waals surface area contributed by atoms with E-state index in [0.29, 0.717) is 4.90 Å². The summed E-state index contributed by atoms with van der Waals surface area (Å²) in [6, 6.07) is 4.41. The van der Waals surface area contributed by atoms with Crippen LogP contribution in [0.15, 0.2) is 63.7 Å². The summed E-state index contributed by atoms with van der Waals surface area (Å²) in [5.74, 6) is -9.01. The zero-order valence-electron chi connectivity index (χ0n) is 25.2. The number of nitrogens with zero attached hydrogens (tertiary/aromatic N) is 4. The molecule has 1 aliphatic heterocycles. The predicted octanol–water partition coefficient (Wildman–Crippen LogP) is 5.14. The molecule has 4 unspecified atom stereocenters. The van der Waals surface area contributed by atoms with Crippen molar-refractivity contribution in [3.05, 3.63) is 89.5 Å². The van der Waals surface area contributed by atoms with Gasteiger partial charge in [0.1, 0.15) is 11.5 Å². The van der Waals surface area contributed by atoms with E-state index < -0.39 is 91.8 Å². The molecule has 3 aliphatic carbocycles. The standard InChI is InChI=1S/C31H22BrF3N4O10/c1-36(2)27-20(38(45)46)7-12(8-21(27)39(47)48)37-29(43)15-5-4-14-16(25(15)30(37)44)10-18-26(23(41)11-19(32)28(18)42)24(14)17-9-13(3-6-22(17)40)49-31(33,34)35/h3-4,6-9,11,15-16,24-25,40H,5,10H2,1-2H3. The number of ether oxygens (including phenoxy) is 1. The van der Waals surface area contributed by atoms with E-state index in [1.807, 2.05) is 0 Å². The van der Waals surface area contributed by atoms with E-state index in [4.69, 9.17) is 0 Å². The van der Waals surface area contributed by atoms with Gasteiger partial charge in [-0.1, -0.05) is 11.6 Å². The minimum absolute atomic E-state index is 0.0889. The highest BCUT2D eigenvalue weighted by molar-refractivity contribution is 9.12. The Morgan fingerprint density at radius 2 is 1.63 bits per heavy atom. The Morgan fingerprint density at radius 1 is 1.00 bits per heavy atom. The number of nitro benzene ring substituents is 2. The molecule has 4 atom stereocenters. The SMILES string of the molecule is CN(C)c1c([N+](=O)[O-])cc(N2C(=O)C3CC=C4C(c5cc(OC(F)(F)F)ccc5O)C5=C(CC4C3C2=O)C(=O)C(Br)=CC5=O)cc1[N+](=O)[O-]. The molecule has 2 amide bonds. The average molecular weight is 747 g/mol. The summed E-state index contributed by atoms with van der Waals surface area (Å²) in [6.07, 6.45) is -2.98. The minimum Gasteiger partial charge on any atom is -0.508 e. The highest BCUT2D eigenvalue weighted by Gasteiger charge is 2.57. The number of nitro groups is 2. The number of aromatic hydroxyl groups is 1. The summed E-state index contributed by atoms with van der Waals surface area (Å²) in [5.41, 5.74) is -2.45. The molecule has 49 heavy (non-hydrogen) atoms. The zero-order chi connectivity index (χ0) is 35.9. The number of phenols is 1. The van der Waals surface area contributed by atoms with Gasteiger partial charge in [-0.2, -0.15) is 0 Å². The smallest absolute Gasteiger partial charge is 0.508 e. The van der Waals surface area contributed by atoms with Crippen LogP contribution in [0.2, 0.25) is 0 Å². The van der Waals surface area contributed by atoms with Gasteiger partial charge in [0.05, 0.1) is 31.9 Å². The molecule has 1 N–H and O–H groups in total. The first kappa shape index (κ1) is 33.5. The van der Waals surface area contributed by atoms with Gasteiger partial charge in [-0.05, 0) is 52.9 Å². The van der Waals surface area contributed by atoms with Gasteiger partial charge >= 0.3 is 17.7 Å². The van der Waals surface area contributed by atoms with Crippen LogP contribution < -0.4 is 14.5 Å². The fourth-order valence-electron chi connectivity index (χ4n) is 7.23. The Hall–Kier alpha value is -5.39. The number of hydrogen-bond donors (Lipinski definition) is 1. The number of anilines is 2. The van der Waals surface area contributed by atoms with Crippen LogP contribution in [0, 0.1) is 38.0 Å². The third-order valence-corrected chi connectivity index (χ3v) is 9.62. The summed E-state index contributed by atoms with van der Waals surface area (Å²) in [4.78, 5) is 78.9. The number of carbonyl (C=O) groups is 4. The second-order valence-electron chi connectivity index (χ2n) is 11.9. The number of phenolic OH excluding ortho intramolecular Hbond substituents is 1. The minimum atomic E-state index is -5.11. The summed E-state index contributed by atoms with van der Waals surface area (Å²) in [7, 11) is 2.69. The number of benzene rings is 2. The van der Waals surface area contributed by atoms with Crippen molar-refractivity contribution in [2.75, 3.05) is 23.9 Å². The molecule has 0 saturated carbocycles. The number of imide groups is 1. The zero-order valence-corrected chi connectivity index (χ0v) is 26.8. The summed E-state index contributed by atoms with van der Waals surface area (Å²) >= 11 is 3.05. The number of alkyl halides is 3. The van der Waals surface area contributed by atoms with Gasteiger partial charge in [0.2, 0.25) is 11.8 Å². The largest absolute Gasteiger partial charge is 0.573 e. The van der Waals surface area contributed by atoms with Crippen molar-refractivity contribution in [3.8, 4) is 11.5 Å². The molecule has 1 saturated heterocycles. The van der Waals surface area contributed by atoms with Gasteiger partial charge in [-0.3, -0.25) is 39.4 Å². The summed E-state index contributed by atoms with van der Waals surface area (Å²) in [5, 5.41) is 34.9. The van der Waals surface area contributed by atoms with Crippen LogP contribution in [-0.2, 0) is 19.2 Å². The third-order valence-electron chi connectivity index (χ3n) is 9.03. The molecule has 14 nitrogen and oxygen atoms in total. The Balaban J connectivity index is 1.50. The van der Waals surface area contributed by atoms with Crippen molar-refractivity contribution in [2.24, 2.45) is 17.8 Å². The maximum atomic E-state index is 14.2. The lowest BCUT2D eigenvalue weighted by atomic mass is 9.59. The highest BCUT2D eigenvalue weighted by atomic mass is 79.9. The third kappa shape index (κ3) is 5.44. The monoisotopic (exact) mass is 746 g/mol. The second-order valence-corrected chi connectivity index (χ2v) is 12.8. The Bertz CT molecular complexity index is 1990. The van der Waals surface area contributed by atoms with Gasteiger partial charge < -0.3 is 14.7 Å². The molecule has 0 bridgehead atoms. The van der Waals surface area contributed by atoms with E-state index in [-0.39, 0.29) is 45.3 Å². The van der Waals surface area contributed by atoms with Crippen LogP contribution in [-0.4, -0.2) is 58.8 Å². The molecular formula is C31H22BrF3N4O10. The van der Waals surface area contributed by atoms with Crippen molar-refractivity contribution < 1.29 is 52.0 Å². The second kappa shape index (κ2) is 11.6. The molecule has 18 heteroatoms. The molecule has 2 aromatic rings. The summed E-state index contributed by atoms with van der Waals surface area (Å²) < 4.78 is 43.4.